The number of carboxylic acids is 1. The number of anilines is 1. The first kappa shape index (κ1) is 13.0. The van der Waals surface area contributed by atoms with Crippen molar-refractivity contribution in [3.05, 3.63) is 34.6 Å². The molecular formula is C10H7ClFNO4. The minimum absolute atomic E-state index is 0.0862. The second-order valence-corrected chi connectivity index (χ2v) is 3.33. The fourth-order valence-electron chi connectivity index (χ4n) is 1.11. The molecule has 1 amide bonds. The van der Waals surface area contributed by atoms with Crippen molar-refractivity contribution in [1.82, 2.24) is 0 Å². The highest BCUT2D eigenvalue weighted by Crippen LogP contribution is 2.26. The number of benzene rings is 1. The summed E-state index contributed by atoms with van der Waals surface area (Å²) in [6, 6.07) is 2.40. The van der Waals surface area contributed by atoms with Gasteiger partial charge in [0.15, 0.2) is 5.82 Å². The van der Waals surface area contributed by atoms with E-state index in [9.17, 15) is 14.0 Å². The largest absolute Gasteiger partial charge is 0.478 e. The molecule has 0 fully saturated rings. The zero-order valence-corrected chi connectivity index (χ0v) is 9.03. The zero-order chi connectivity index (χ0) is 13.0. The molecule has 1 rings (SSSR count). The van der Waals surface area contributed by atoms with Crippen LogP contribution in [0.25, 0.3) is 6.08 Å². The molecule has 3 N–H and O–H groups in total. The van der Waals surface area contributed by atoms with Crippen LogP contribution in [0.4, 0.5) is 14.9 Å². The van der Waals surface area contributed by atoms with Gasteiger partial charge in [-0.25, -0.2) is 14.0 Å². The summed E-state index contributed by atoms with van der Waals surface area (Å²) in [6.45, 7) is 0. The first-order valence-corrected chi connectivity index (χ1v) is 4.68. The van der Waals surface area contributed by atoms with Crippen LogP contribution < -0.4 is 5.32 Å². The number of halogens is 2. The van der Waals surface area contributed by atoms with Crippen molar-refractivity contribution in [2.45, 2.75) is 0 Å². The van der Waals surface area contributed by atoms with Crippen molar-refractivity contribution < 1.29 is 24.2 Å². The number of amides is 1. The van der Waals surface area contributed by atoms with Gasteiger partial charge in [-0.05, 0) is 18.2 Å². The van der Waals surface area contributed by atoms with Crippen molar-refractivity contribution in [2.75, 3.05) is 5.32 Å². The van der Waals surface area contributed by atoms with Gasteiger partial charge in [-0.15, -0.1) is 0 Å². The number of aliphatic carboxylic acids is 1. The van der Waals surface area contributed by atoms with Crippen molar-refractivity contribution >= 4 is 35.4 Å². The molecule has 0 bridgehead atoms. The van der Waals surface area contributed by atoms with E-state index in [2.05, 4.69) is 0 Å². The van der Waals surface area contributed by atoms with Gasteiger partial charge in [0.05, 0.1) is 10.7 Å². The first-order valence-electron chi connectivity index (χ1n) is 4.30. The average molecular weight is 260 g/mol. The molecule has 0 atom stereocenters. The molecule has 90 valence electrons. The standard InChI is InChI=1S/C10H7ClFNO4/c11-6-2-3-7(13-10(16)17)5(9(6)12)1-4-8(14)15/h1-4,13H,(H,14,15)(H,16,17). The summed E-state index contributed by atoms with van der Waals surface area (Å²) >= 11 is 5.51. The molecule has 0 radical (unpaired) electrons. The van der Waals surface area contributed by atoms with Gasteiger partial charge in [0, 0.05) is 11.6 Å². The van der Waals surface area contributed by atoms with Crippen LogP contribution in [-0.2, 0) is 4.79 Å². The van der Waals surface area contributed by atoms with Crippen molar-refractivity contribution in [2.24, 2.45) is 0 Å². The van der Waals surface area contributed by atoms with Crippen LogP contribution in [0, 0.1) is 5.82 Å². The Kier molecular flexibility index (Phi) is 4.06. The van der Waals surface area contributed by atoms with Gasteiger partial charge in [0.25, 0.3) is 0 Å². The molecule has 0 aliphatic carbocycles. The van der Waals surface area contributed by atoms with E-state index in [1.54, 1.807) is 0 Å². The Bertz CT molecular complexity index is 501. The number of nitrogens with one attached hydrogen (secondary N) is 1. The summed E-state index contributed by atoms with van der Waals surface area (Å²) in [5.74, 6) is -2.18. The zero-order valence-electron chi connectivity index (χ0n) is 8.28. The quantitative estimate of drug-likeness (QED) is 0.728. The molecule has 17 heavy (non-hydrogen) atoms. The van der Waals surface area contributed by atoms with Crippen LogP contribution in [0.5, 0.6) is 0 Å². The lowest BCUT2D eigenvalue weighted by molar-refractivity contribution is -0.131. The van der Waals surface area contributed by atoms with Gasteiger partial charge in [0.2, 0.25) is 0 Å². The summed E-state index contributed by atoms with van der Waals surface area (Å²) in [5, 5.41) is 18.7. The van der Waals surface area contributed by atoms with E-state index in [4.69, 9.17) is 21.8 Å². The fourth-order valence-corrected chi connectivity index (χ4v) is 1.27. The third-order valence-corrected chi connectivity index (χ3v) is 2.06. The van der Waals surface area contributed by atoms with E-state index in [-0.39, 0.29) is 16.3 Å². The molecule has 0 unspecified atom stereocenters. The number of hydrogen-bond donors (Lipinski definition) is 3. The minimum atomic E-state index is -1.39. The summed E-state index contributed by atoms with van der Waals surface area (Å²) in [7, 11) is 0. The molecule has 1 aromatic rings. The minimum Gasteiger partial charge on any atom is -0.478 e. The Balaban J connectivity index is 3.25. The fraction of sp³-hybridized carbons (Fsp3) is 0. The van der Waals surface area contributed by atoms with Gasteiger partial charge in [0.1, 0.15) is 0 Å². The molecular weight excluding hydrogens is 253 g/mol. The molecule has 0 saturated heterocycles. The lowest BCUT2D eigenvalue weighted by atomic mass is 10.1. The topological polar surface area (TPSA) is 86.6 Å². The maximum atomic E-state index is 13.6. The third-order valence-electron chi connectivity index (χ3n) is 1.77. The Labute approximate surface area is 100 Å². The second kappa shape index (κ2) is 5.31. The van der Waals surface area contributed by atoms with Gasteiger partial charge in [-0.2, -0.15) is 0 Å². The Hall–Kier alpha value is -2.08. The Morgan fingerprint density at radius 1 is 1.35 bits per heavy atom. The molecule has 0 heterocycles. The van der Waals surface area contributed by atoms with Crippen LogP contribution in [0.3, 0.4) is 0 Å². The second-order valence-electron chi connectivity index (χ2n) is 2.92. The first-order chi connectivity index (χ1) is 7.91. The number of carbonyl (C=O) groups is 2. The van der Waals surface area contributed by atoms with Crippen LogP contribution in [0.1, 0.15) is 5.56 Å². The molecule has 0 aliphatic rings. The molecule has 0 aliphatic heterocycles. The van der Waals surface area contributed by atoms with Gasteiger partial charge in [-0.1, -0.05) is 11.6 Å². The lowest BCUT2D eigenvalue weighted by Gasteiger charge is -2.07. The predicted molar refractivity (Wildman–Crippen MR) is 59.7 cm³/mol. The highest BCUT2D eigenvalue weighted by Gasteiger charge is 2.12. The van der Waals surface area contributed by atoms with Gasteiger partial charge < -0.3 is 10.2 Å². The average Bonchev–Trinajstić information content (AvgIpc) is 2.22. The molecule has 7 heteroatoms. The maximum absolute atomic E-state index is 13.6. The molecule has 1 aromatic carbocycles. The molecule has 0 aromatic heterocycles. The highest BCUT2D eigenvalue weighted by molar-refractivity contribution is 6.31. The van der Waals surface area contributed by atoms with Crippen LogP contribution in [-0.4, -0.2) is 22.3 Å². The third kappa shape index (κ3) is 3.46. The van der Waals surface area contributed by atoms with E-state index in [1.807, 2.05) is 5.32 Å². The van der Waals surface area contributed by atoms with Crippen LogP contribution in [0.2, 0.25) is 5.02 Å². The van der Waals surface area contributed by atoms with E-state index in [0.29, 0.717) is 6.08 Å². The van der Waals surface area contributed by atoms with E-state index in [1.165, 1.54) is 12.1 Å². The van der Waals surface area contributed by atoms with Crippen LogP contribution in [0.15, 0.2) is 18.2 Å². The Morgan fingerprint density at radius 3 is 2.53 bits per heavy atom. The van der Waals surface area contributed by atoms with Crippen molar-refractivity contribution in [3.63, 3.8) is 0 Å². The Morgan fingerprint density at radius 2 is 2.00 bits per heavy atom. The molecule has 0 saturated carbocycles. The summed E-state index contributed by atoms with van der Waals surface area (Å²) in [5.41, 5.74) is -0.320. The smallest absolute Gasteiger partial charge is 0.409 e. The highest BCUT2D eigenvalue weighted by atomic mass is 35.5. The SMILES string of the molecule is O=C(O)C=Cc1c(NC(=O)O)ccc(Cl)c1F. The van der Waals surface area contributed by atoms with Crippen LogP contribution >= 0.6 is 11.6 Å². The summed E-state index contributed by atoms with van der Waals surface area (Å²) < 4.78 is 13.6. The monoisotopic (exact) mass is 259 g/mol. The normalized spacial score (nSPS) is 10.5. The predicted octanol–water partition coefficient (Wildman–Crippen LogP) is 2.67. The number of carboxylic acid groups (broad SMARTS) is 2. The molecule has 0 spiro atoms. The maximum Gasteiger partial charge on any atom is 0.409 e. The lowest BCUT2D eigenvalue weighted by Crippen LogP contribution is -2.09. The summed E-state index contributed by atoms with van der Waals surface area (Å²) in [6.07, 6.45) is 0.216. The van der Waals surface area contributed by atoms with E-state index >= 15 is 0 Å². The van der Waals surface area contributed by atoms with E-state index < -0.39 is 17.9 Å². The van der Waals surface area contributed by atoms with Crippen molar-refractivity contribution in [1.29, 1.82) is 0 Å². The van der Waals surface area contributed by atoms with E-state index in [0.717, 1.165) is 6.08 Å². The number of hydrogen-bond acceptors (Lipinski definition) is 2. The number of rotatable bonds is 3. The molecule has 5 nitrogen and oxygen atoms in total. The van der Waals surface area contributed by atoms with Gasteiger partial charge >= 0.3 is 12.1 Å². The van der Waals surface area contributed by atoms with Gasteiger partial charge in [-0.3, -0.25) is 5.32 Å². The summed E-state index contributed by atoms with van der Waals surface area (Å²) in [4.78, 5) is 20.8. The van der Waals surface area contributed by atoms with Crippen molar-refractivity contribution in [3.8, 4) is 0 Å².